The lowest BCUT2D eigenvalue weighted by Crippen LogP contribution is -2.16. The number of hydrogen-bond donors (Lipinski definition) is 2. The van der Waals surface area contributed by atoms with Crippen LogP contribution in [0.1, 0.15) is 25.8 Å². The first-order valence-electron chi connectivity index (χ1n) is 8.70. The Labute approximate surface area is 158 Å². The largest absolute Gasteiger partial charge is 0.366 e. The maximum Gasteiger partial charge on any atom is 0.225 e. The van der Waals surface area contributed by atoms with E-state index in [4.69, 9.17) is 11.6 Å². The van der Waals surface area contributed by atoms with Crippen molar-refractivity contribution in [1.29, 1.82) is 0 Å². The molecule has 2 heterocycles. The van der Waals surface area contributed by atoms with E-state index in [-0.39, 0.29) is 6.04 Å². The second kappa shape index (κ2) is 8.63. The van der Waals surface area contributed by atoms with Crippen LogP contribution in [0.25, 0.3) is 11.4 Å². The molecule has 134 valence electrons. The van der Waals surface area contributed by atoms with Crippen molar-refractivity contribution in [3.63, 3.8) is 0 Å². The number of nitrogens with one attached hydrogen (secondary N) is 2. The third-order valence-electron chi connectivity index (χ3n) is 4.06. The normalized spacial score (nSPS) is 11.8. The Balaban J connectivity index is 1.88. The monoisotopic (exact) mass is 367 g/mol. The van der Waals surface area contributed by atoms with Crippen LogP contribution in [0.2, 0.25) is 5.02 Å². The molecule has 0 unspecified atom stereocenters. The quantitative estimate of drug-likeness (QED) is 0.614. The van der Waals surface area contributed by atoms with E-state index in [1.807, 2.05) is 48.5 Å². The summed E-state index contributed by atoms with van der Waals surface area (Å²) in [6.45, 7) is 4.81. The average molecular weight is 368 g/mol. The van der Waals surface area contributed by atoms with E-state index in [0.29, 0.717) is 12.5 Å². The number of rotatable bonds is 7. The maximum absolute atomic E-state index is 6.24. The Morgan fingerprint density at radius 3 is 2.58 bits per heavy atom. The molecule has 0 aliphatic rings. The zero-order valence-electron chi connectivity index (χ0n) is 14.9. The highest BCUT2D eigenvalue weighted by atomic mass is 35.5. The Morgan fingerprint density at radius 1 is 1.04 bits per heavy atom. The van der Waals surface area contributed by atoms with Gasteiger partial charge in [0.1, 0.15) is 5.82 Å². The number of nitrogens with zero attached hydrogens (tertiary/aromatic N) is 3. The van der Waals surface area contributed by atoms with Gasteiger partial charge in [0, 0.05) is 29.9 Å². The number of halogens is 1. The van der Waals surface area contributed by atoms with E-state index in [0.717, 1.165) is 34.2 Å². The molecule has 0 fully saturated rings. The highest BCUT2D eigenvalue weighted by Gasteiger charge is 2.10. The molecule has 2 aromatic heterocycles. The molecule has 6 heteroatoms. The zero-order chi connectivity index (χ0) is 18.4. The predicted molar refractivity (Wildman–Crippen MR) is 107 cm³/mol. The van der Waals surface area contributed by atoms with Crippen molar-refractivity contribution in [2.75, 3.05) is 10.6 Å². The van der Waals surface area contributed by atoms with Gasteiger partial charge in [-0.2, -0.15) is 4.98 Å². The van der Waals surface area contributed by atoms with E-state index in [1.54, 1.807) is 6.20 Å². The third kappa shape index (κ3) is 4.70. The molecule has 0 aliphatic carbocycles. The summed E-state index contributed by atoms with van der Waals surface area (Å²) >= 11 is 6.24. The standard InChI is InChI=1S/C20H22ClN5/c1-3-14(2)24-20-25-18(17-10-6-7-11-22-17)12-19(26-20)23-13-15-8-4-5-9-16(15)21/h4-12,14H,3,13H2,1-2H3,(H2,23,24,25,26)/t14-/m0/s1. The second-order valence-corrected chi connectivity index (χ2v) is 6.48. The highest BCUT2D eigenvalue weighted by Crippen LogP contribution is 2.22. The van der Waals surface area contributed by atoms with Crippen molar-refractivity contribution >= 4 is 23.4 Å². The molecule has 2 N–H and O–H groups in total. The topological polar surface area (TPSA) is 62.7 Å². The van der Waals surface area contributed by atoms with E-state index in [2.05, 4.69) is 39.4 Å². The first-order valence-corrected chi connectivity index (χ1v) is 9.08. The lowest BCUT2D eigenvalue weighted by atomic mass is 10.2. The first-order chi connectivity index (χ1) is 12.7. The Kier molecular flexibility index (Phi) is 6.02. The van der Waals surface area contributed by atoms with Crippen molar-refractivity contribution < 1.29 is 0 Å². The van der Waals surface area contributed by atoms with Crippen LogP contribution in [0, 0.1) is 0 Å². The number of aromatic nitrogens is 3. The molecule has 1 atom stereocenters. The molecular weight excluding hydrogens is 346 g/mol. The Hall–Kier alpha value is -2.66. The molecule has 5 nitrogen and oxygen atoms in total. The van der Waals surface area contributed by atoms with Crippen LogP contribution >= 0.6 is 11.6 Å². The van der Waals surface area contributed by atoms with Crippen molar-refractivity contribution in [2.45, 2.75) is 32.9 Å². The van der Waals surface area contributed by atoms with Gasteiger partial charge in [-0.25, -0.2) is 4.98 Å². The minimum atomic E-state index is 0.283. The Bertz CT molecular complexity index is 854. The SMILES string of the molecule is CC[C@H](C)Nc1nc(NCc2ccccc2Cl)cc(-c2ccccn2)n1. The van der Waals surface area contributed by atoms with Crippen molar-refractivity contribution in [3.05, 3.63) is 65.3 Å². The van der Waals surface area contributed by atoms with Gasteiger partial charge in [-0.15, -0.1) is 0 Å². The summed E-state index contributed by atoms with van der Waals surface area (Å²) in [7, 11) is 0. The van der Waals surface area contributed by atoms with Crippen molar-refractivity contribution in [3.8, 4) is 11.4 Å². The van der Waals surface area contributed by atoms with Crippen LogP contribution in [-0.2, 0) is 6.54 Å². The van der Waals surface area contributed by atoms with Gasteiger partial charge >= 0.3 is 0 Å². The van der Waals surface area contributed by atoms with Gasteiger partial charge in [0.05, 0.1) is 11.4 Å². The summed E-state index contributed by atoms with van der Waals surface area (Å²) in [5, 5.41) is 7.41. The zero-order valence-corrected chi connectivity index (χ0v) is 15.7. The molecule has 0 spiro atoms. The van der Waals surface area contributed by atoms with E-state index in [9.17, 15) is 0 Å². The number of benzene rings is 1. The summed E-state index contributed by atoms with van der Waals surface area (Å²) in [6.07, 6.45) is 2.75. The smallest absolute Gasteiger partial charge is 0.225 e. The summed E-state index contributed by atoms with van der Waals surface area (Å²) in [5.74, 6) is 1.32. The van der Waals surface area contributed by atoms with Gasteiger partial charge in [0.15, 0.2) is 0 Å². The van der Waals surface area contributed by atoms with E-state index < -0.39 is 0 Å². The highest BCUT2D eigenvalue weighted by molar-refractivity contribution is 6.31. The molecule has 3 rings (SSSR count). The minimum Gasteiger partial charge on any atom is -0.366 e. The predicted octanol–water partition coefficient (Wildman–Crippen LogP) is 5.01. The van der Waals surface area contributed by atoms with Gasteiger partial charge in [0.2, 0.25) is 5.95 Å². The summed E-state index contributed by atoms with van der Waals surface area (Å²) in [6, 6.07) is 15.7. The van der Waals surface area contributed by atoms with E-state index in [1.165, 1.54) is 0 Å². The molecule has 0 saturated carbocycles. The first kappa shape index (κ1) is 18.1. The van der Waals surface area contributed by atoms with Crippen LogP contribution in [-0.4, -0.2) is 21.0 Å². The van der Waals surface area contributed by atoms with Gasteiger partial charge in [-0.1, -0.05) is 42.8 Å². The molecule has 0 saturated heterocycles. The van der Waals surface area contributed by atoms with Crippen LogP contribution in [0.3, 0.4) is 0 Å². The number of hydrogen-bond acceptors (Lipinski definition) is 5. The third-order valence-corrected chi connectivity index (χ3v) is 4.43. The minimum absolute atomic E-state index is 0.283. The molecule has 0 aliphatic heterocycles. The molecule has 0 radical (unpaired) electrons. The van der Waals surface area contributed by atoms with Gasteiger partial charge < -0.3 is 10.6 Å². The average Bonchev–Trinajstić information content (AvgIpc) is 2.68. The molecule has 26 heavy (non-hydrogen) atoms. The van der Waals surface area contributed by atoms with Crippen LogP contribution < -0.4 is 10.6 Å². The van der Waals surface area contributed by atoms with Crippen molar-refractivity contribution in [2.24, 2.45) is 0 Å². The molecular formula is C20H22ClN5. The fourth-order valence-corrected chi connectivity index (χ4v) is 2.60. The summed E-state index contributed by atoms with van der Waals surface area (Å²) < 4.78 is 0. The maximum atomic E-state index is 6.24. The lowest BCUT2D eigenvalue weighted by molar-refractivity contribution is 0.753. The summed E-state index contributed by atoms with van der Waals surface area (Å²) in [4.78, 5) is 13.6. The van der Waals surface area contributed by atoms with Crippen LogP contribution in [0.5, 0.6) is 0 Å². The molecule has 0 amide bonds. The fourth-order valence-electron chi connectivity index (χ4n) is 2.40. The van der Waals surface area contributed by atoms with Crippen LogP contribution in [0.15, 0.2) is 54.7 Å². The lowest BCUT2D eigenvalue weighted by Gasteiger charge is -2.14. The summed E-state index contributed by atoms with van der Waals surface area (Å²) in [5.41, 5.74) is 2.60. The number of pyridine rings is 1. The van der Waals surface area contributed by atoms with Crippen molar-refractivity contribution in [1.82, 2.24) is 15.0 Å². The Morgan fingerprint density at radius 2 is 1.85 bits per heavy atom. The van der Waals surface area contributed by atoms with E-state index >= 15 is 0 Å². The van der Waals surface area contributed by atoms with Gasteiger partial charge in [-0.3, -0.25) is 4.98 Å². The molecule has 0 bridgehead atoms. The fraction of sp³-hybridized carbons (Fsp3) is 0.250. The number of anilines is 2. The molecule has 1 aromatic carbocycles. The van der Waals surface area contributed by atoms with Crippen LogP contribution in [0.4, 0.5) is 11.8 Å². The van der Waals surface area contributed by atoms with Gasteiger partial charge in [0.25, 0.3) is 0 Å². The molecule has 3 aromatic rings. The second-order valence-electron chi connectivity index (χ2n) is 6.08. The van der Waals surface area contributed by atoms with Gasteiger partial charge in [-0.05, 0) is 37.1 Å².